The second kappa shape index (κ2) is 3.27. The lowest BCUT2D eigenvalue weighted by atomic mass is 10.1. The van der Waals surface area contributed by atoms with Gasteiger partial charge in [0.15, 0.2) is 5.65 Å². The first kappa shape index (κ1) is 8.79. The van der Waals surface area contributed by atoms with E-state index in [1.165, 1.54) is 0 Å². The van der Waals surface area contributed by atoms with Gasteiger partial charge < -0.3 is 5.73 Å². The molecule has 5 nitrogen and oxygen atoms in total. The van der Waals surface area contributed by atoms with Gasteiger partial charge in [-0.3, -0.25) is 9.38 Å². The molecule has 0 radical (unpaired) electrons. The van der Waals surface area contributed by atoms with Crippen LogP contribution in [0.2, 0.25) is 0 Å². The van der Waals surface area contributed by atoms with Crippen LogP contribution in [0, 0.1) is 0 Å². The van der Waals surface area contributed by atoms with Crippen LogP contribution in [0.3, 0.4) is 0 Å². The smallest absolute Gasteiger partial charge is 0.179 e. The van der Waals surface area contributed by atoms with Crippen molar-refractivity contribution in [3.05, 3.63) is 24.4 Å². The van der Waals surface area contributed by atoms with Crippen molar-refractivity contribution in [3.8, 4) is 0 Å². The molecule has 1 saturated carbocycles. The van der Waals surface area contributed by atoms with Crippen LogP contribution in [0.25, 0.3) is 5.65 Å². The van der Waals surface area contributed by atoms with E-state index < -0.39 is 0 Å². The predicted molar refractivity (Wildman–Crippen MR) is 55.3 cm³/mol. The third-order valence-corrected chi connectivity index (χ3v) is 3.08. The summed E-state index contributed by atoms with van der Waals surface area (Å²) in [6.07, 6.45) is 8.62. The molecule has 1 aliphatic carbocycles. The van der Waals surface area contributed by atoms with Crippen LogP contribution in [0.1, 0.15) is 31.0 Å². The maximum atomic E-state index is 5.91. The van der Waals surface area contributed by atoms with E-state index in [1.54, 1.807) is 12.4 Å². The summed E-state index contributed by atoms with van der Waals surface area (Å²) in [5.74, 6) is 1.48. The zero-order valence-electron chi connectivity index (χ0n) is 8.37. The molecule has 2 aromatic rings. The van der Waals surface area contributed by atoms with Crippen molar-refractivity contribution in [2.75, 3.05) is 0 Å². The van der Waals surface area contributed by atoms with Gasteiger partial charge >= 0.3 is 0 Å². The molecular formula is C10H13N5. The summed E-state index contributed by atoms with van der Waals surface area (Å²) < 4.78 is 2.01. The molecule has 0 bridgehead atoms. The minimum absolute atomic E-state index is 0.323. The van der Waals surface area contributed by atoms with Gasteiger partial charge in [0.05, 0.1) is 6.20 Å². The Labute approximate surface area is 87.3 Å². The summed E-state index contributed by atoms with van der Waals surface area (Å²) >= 11 is 0. The summed E-state index contributed by atoms with van der Waals surface area (Å²) in [4.78, 5) is 4.02. The molecule has 2 N–H and O–H groups in total. The first-order chi connectivity index (χ1) is 7.34. The number of aromatic nitrogens is 4. The monoisotopic (exact) mass is 203 g/mol. The van der Waals surface area contributed by atoms with Crippen molar-refractivity contribution in [3.63, 3.8) is 0 Å². The SMILES string of the molecule is N[C@H]1CC[C@@H](c2nnc3cnccn23)C1. The molecule has 0 spiro atoms. The number of nitrogens with two attached hydrogens (primary N) is 1. The fourth-order valence-corrected chi connectivity index (χ4v) is 2.30. The van der Waals surface area contributed by atoms with Crippen LogP contribution in [-0.2, 0) is 0 Å². The van der Waals surface area contributed by atoms with Crippen molar-refractivity contribution in [2.45, 2.75) is 31.2 Å². The van der Waals surface area contributed by atoms with E-state index >= 15 is 0 Å². The Bertz CT molecular complexity index is 477. The Kier molecular flexibility index (Phi) is 1.92. The van der Waals surface area contributed by atoms with E-state index in [0.717, 1.165) is 30.7 Å². The molecule has 0 aliphatic heterocycles. The largest absolute Gasteiger partial charge is 0.328 e. The van der Waals surface area contributed by atoms with Gasteiger partial charge in [0.2, 0.25) is 0 Å². The fraction of sp³-hybridized carbons (Fsp3) is 0.500. The van der Waals surface area contributed by atoms with E-state index in [0.29, 0.717) is 12.0 Å². The van der Waals surface area contributed by atoms with Gasteiger partial charge in [-0.15, -0.1) is 10.2 Å². The second-order valence-electron chi connectivity index (χ2n) is 4.13. The van der Waals surface area contributed by atoms with Crippen molar-refractivity contribution < 1.29 is 0 Å². The molecule has 0 aromatic carbocycles. The lowest BCUT2D eigenvalue weighted by Crippen LogP contribution is -2.14. The van der Waals surface area contributed by atoms with Crippen LogP contribution < -0.4 is 5.73 Å². The summed E-state index contributed by atoms with van der Waals surface area (Å²) in [5, 5.41) is 8.33. The Hall–Kier alpha value is -1.49. The van der Waals surface area contributed by atoms with Crippen molar-refractivity contribution in [2.24, 2.45) is 5.73 Å². The average Bonchev–Trinajstić information content (AvgIpc) is 2.83. The molecule has 15 heavy (non-hydrogen) atoms. The van der Waals surface area contributed by atoms with Crippen LogP contribution >= 0.6 is 0 Å². The number of hydrogen-bond acceptors (Lipinski definition) is 4. The Morgan fingerprint density at radius 1 is 1.33 bits per heavy atom. The average molecular weight is 203 g/mol. The maximum absolute atomic E-state index is 5.91. The fourth-order valence-electron chi connectivity index (χ4n) is 2.30. The Morgan fingerprint density at radius 2 is 2.27 bits per heavy atom. The molecule has 3 rings (SSSR count). The highest BCUT2D eigenvalue weighted by atomic mass is 15.3. The molecule has 0 amide bonds. The zero-order valence-corrected chi connectivity index (χ0v) is 8.37. The van der Waals surface area contributed by atoms with Gasteiger partial charge in [-0.1, -0.05) is 0 Å². The van der Waals surface area contributed by atoms with Crippen molar-refractivity contribution in [1.82, 2.24) is 19.6 Å². The Morgan fingerprint density at radius 3 is 3.07 bits per heavy atom. The van der Waals surface area contributed by atoms with E-state index in [-0.39, 0.29) is 0 Å². The van der Waals surface area contributed by atoms with Crippen molar-refractivity contribution >= 4 is 5.65 Å². The van der Waals surface area contributed by atoms with Crippen LogP contribution in [-0.4, -0.2) is 25.6 Å². The highest BCUT2D eigenvalue weighted by Gasteiger charge is 2.26. The highest BCUT2D eigenvalue weighted by Crippen LogP contribution is 2.32. The van der Waals surface area contributed by atoms with Gasteiger partial charge in [-0.05, 0) is 19.3 Å². The normalized spacial score (nSPS) is 26.2. The summed E-state index contributed by atoms with van der Waals surface area (Å²) in [6.45, 7) is 0. The third-order valence-electron chi connectivity index (χ3n) is 3.08. The van der Waals surface area contributed by atoms with E-state index in [9.17, 15) is 0 Å². The quantitative estimate of drug-likeness (QED) is 0.741. The lowest BCUT2D eigenvalue weighted by Gasteiger charge is -2.06. The minimum atomic E-state index is 0.323. The summed E-state index contributed by atoms with van der Waals surface area (Å²) in [6, 6.07) is 0.323. The molecule has 2 atom stereocenters. The molecular weight excluding hydrogens is 190 g/mol. The topological polar surface area (TPSA) is 69.1 Å². The number of rotatable bonds is 1. The first-order valence-electron chi connectivity index (χ1n) is 5.25. The first-order valence-corrected chi connectivity index (χ1v) is 5.25. The van der Waals surface area contributed by atoms with Crippen LogP contribution in [0.15, 0.2) is 18.6 Å². The molecule has 2 aromatic heterocycles. The molecule has 1 aliphatic rings. The minimum Gasteiger partial charge on any atom is -0.328 e. The van der Waals surface area contributed by atoms with Gasteiger partial charge in [0.25, 0.3) is 0 Å². The van der Waals surface area contributed by atoms with E-state index in [1.807, 2.05) is 10.6 Å². The highest BCUT2D eigenvalue weighted by molar-refractivity contribution is 5.34. The second-order valence-corrected chi connectivity index (χ2v) is 4.13. The summed E-state index contributed by atoms with van der Waals surface area (Å²) in [7, 11) is 0. The lowest BCUT2D eigenvalue weighted by molar-refractivity contribution is 0.636. The van der Waals surface area contributed by atoms with E-state index in [4.69, 9.17) is 5.73 Å². The number of fused-ring (bicyclic) bond motifs is 1. The zero-order chi connectivity index (χ0) is 10.3. The maximum Gasteiger partial charge on any atom is 0.179 e. The number of hydrogen-bond donors (Lipinski definition) is 1. The summed E-state index contributed by atoms with van der Waals surface area (Å²) in [5.41, 5.74) is 6.72. The molecule has 78 valence electrons. The van der Waals surface area contributed by atoms with Gasteiger partial charge in [0.1, 0.15) is 5.82 Å². The third kappa shape index (κ3) is 1.39. The van der Waals surface area contributed by atoms with Gasteiger partial charge in [-0.2, -0.15) is 0 Å². The van der Waals surface area contributed by atoms with Crippen molar-refractivity contribution in [1.29, 1.82) is 0 Å². The van der Waals surface area contributed by atoms with Gasteiger partial charge in [-0.25, -0.2) is 0 Å². The van der Waals surface area contributed by atoms with Gasteiger partial charge in [0, 0.05) is 24.4 Å². The standard InChI is InChI=1S/C10H13N5/c11-8-2-1-7(5-8)10-14-13-9-6-12-3-4-15(9)10/h3-4,6-8H,1-2,5,11H2/t7-,8+/m1/s1. The molecule has 2 heterocycles. The Balaban J connectivity index is 2.04. The molecule has 1 fully saturated rings. The molecule has 0 unspecified atom stereocenters. The molecule has 0 saturated heterocycles. The van der Waals surface area contributed by atoms with Crippen LogP contribution in [0.5, 0.6) is 0 Å². The predicted octanol–water partition coefficient (Wildman–Crippen LogP) is 0.719. The number of nitrogens with zero attached hydrogens (tertiary/aromatic N) is 4. The van der Waals surface area contributed by atoms with E-state index in [2.05, 4.69) is 15.2 Å². The molecule has 5 heteroatoms. The van der Waals surface area contributed by atoms with Crippen LogP contribution in [0.4, 0.5) is 0 Å².